The first-order valence-electron chi connectivity index (χ1n) is 6.19. The van der Waals surface area contributed by atoms with E-state index in [-0.39, 0.29) is 11.4 Å². The van der Waals surface area contributed by atoms with Gasteiger partial charge in [-0.25, -0.2) is 9.18 Å². The third-order valence-corrected chi connectivity index (χ3v) is 3.08. The maximum atomic E-state index is 13.2. The number of aromatic carboxylic acids is 1. The largest absolute Gasteiger partial charge is 0.478 e. The quantitative estimate of drug-likeness (QED) is 0.772. The van der Waals surface area contributed by atoms with E-state index in [2.05, 4.69) is 9.97 Å². The van der Waals surface area contributed by atoms with Gasteiger partial charge in [0.15, 0.2) is 5.88 Å². The van der Waals surface area contributed by atoms with Crippen molar-refractivity contribution < 1.29 is 19.0 Å². The fourth-order valence-electron chi connectivity index (χ4n) is 2.04. The molecular formula is C15H11FN2O3. The summed E-state index contributed by atoms with van der Waals surface area (Å²) in [5, 5.41) is 9.12. The SMILES string of the molecule is Cc1cc(Oc2cc3nccc(C(=O)O)c3[nH]2)ccc1F. The van der Waals surface area contributed by atoms with Crippen LogP contribution in [-0.4, -0.2) is 21.0 Å². The number of nitrogens with one attached hydrogen (secondary N) is 1. The first-order chi connectivity index (χ1) is 10.0. The number of nitrogens with zero attached hydrogens (tertiary/aromatic N) is 1. The number of rotatable bonds is 3. The van der Waals surface area contributed by atoms with Crippen LogP contribution in [0.3, 0.4) is 0 Å². The zero-order chi connectivity index (χ0) is 15.0. The Bertz CT molecular complexity index is 842. The number of aryl methyl sites for hydroxylation is 1. The predicted octanol–water partition coefficient (Wildman–Crippen LogP) is 3.50. The lowest BCUT2D eigenvalue weighted by Gasteiger charge is -2.04. The average molecular weight is 286 g/mol. The van der Waals surface area contributed by atoms with E-state index in [0.29, 0.717) is 28.2 Å². The third-order valence-electron chi connectivity index (χ3n) is 3.08. The molecule has 0 bridgehead atoms. The Hall–Kier alpha value is -2.89. The number of carbonyl (C=O) groups is 1. The monoisotopic (exact) mass is 286 g/mol. The maximum Gasteiger partial charge on any atom is 0.337 e. The van der Waals surface area contributed by atoms with Crippen LogP contribution in [0.2, 0.25) is 0 Å². The summed E-state index contributed by atoms with van der Waals surface area (Å²) in [6, 6.07) is 7.38. The van der Waals surface area contributed by atoms with Crippen LogP contribution < -0.4 is 4.74 Å². The number of hydrogen-bond donors (Lipinski definition) is 2. The molecule has 2 aromatic heterocycles. The van der Waals surface area contributed by atoms with Gasteiger partial charge in [-0.05, 0) is 36.8 Å². The minimum absolute atomic E-state index is 0.116. The molecule has 0 aliphatic carbocycles. The van der Waals surface area contributed by atoms with E-state index in [4.69, 9.17) is 9.84 Å². The van der Waals surface area contributed by atoms with Crippen molar-refractivity contribution in [1.82, 2.24) is 9.97 Å². The Morgan fingerprint density at radius 2 is 2.14 bits per heavy atom. The molecule has 0 fully saturated rings. The molecule has 1 aromatic carbocycles. The molecule has 0 unspecified atom stereocenters. The Balaban J connectivity index is 1.99. The van der Waals surface area contributed by atoms with Crippen LogP contribution >= 0.6 is 0 Å². The number of aromatic amines is 1. The molecule has 6 heteroatoms. The number of pyridine rings is 1. The molecular weight excluding hydrogens is 275 g/mol. The summed E-state index contributed by atoms with van der Waals surface area (Å²) in [7, 11) is 0. The van der Waals surface area contributed by atoms with E-state index >= 15 is 0 Å². The molecule has 0 aliphatic heterocycles. The molecule has 0 saturated heterocycles. The second-order valence-corrected chi connectivity index (χ2v) is 4.57. The molecule has 3 aromatic rings. The van der Waals surface area contributed by atoms with Gasteiger partial charge in [0.25, 0.3) is 0 Å². The molecule has 0 amide bonds. The molecule has 2 heterocycles. The van der Waals surface area contributed by atoms with E-state index in [1.54, 1.807) is 19.1 Å². The second-order valence-electron chi connectivity index (χ2n) is 4.57. The number of aromatic nitrogens is 2. The van der Waals surface area contributed by atoms with Crippen molar-refractivity contribution >= 4 is 17.0 Å². The highest BCUT2D eigenvalue weighted by atomic mass is 19.1. The van der Waals surface area contributed by atoms with Gasteiger partial charge in [0.2, 0.25) is 0 Å². The van der Waals surface area contributed by atoms with Gasteiger partial charge in [-0.15, -0.1) is 0 Å². The van der Waals surface area contributed by atoms with E-state index in [1.165, 1.54) is 24.4 Å². The highest BCUT2D eigenvalue weighted by Crippen LogP contribution is 2.27. The topological polar surface area (TPSA) is 75.2 Å². The fourth-order valence-corrected chi connectivity index (χ4v) is 2.04. The predicted molar refractivity (Wildman–Crippen MR) is 74.3 cm³/mol. The Kier molecular flexibility index (Phi) is 3.06. The summed E-state index contributed by atoms with van der Waals surface area (Å²) in [6.45, 7) is 1.64. The highest BCUT2D eigenvalue weighted by molar-refractivity contribution is 6.01. The smallest absolute Gasteiger partial charge is 0.337 e. The van der Waals surface area contributed by atoms with Crippen molar-refractivity contribution in [3.05, 3.63) is 53.5 Å². The van der Waals surface area contributed by atoms with Crippen molar-refractivity contribution in [1.29, 1.82) is 0 Å². The standard InChI is InChI=1S/C15H11FN2O3/c1-8-6-9(2-3-11(8)16)21-13-7-12-14(18-13)10(15(19)20)4-5-17-12/h2-7,18H,1H3,(H,19,20). The van der Waals surface area contributed by atoms with Crippen LogP contribution in [0.15, 0.2) is 36.5 Å². The highest BCUT2D eigenvalue weighted by Gasteiger charge is 2.13. The van der Waals surface area contributed by atoms with Crippen molar-refractivity contribution in [3.8, 4) is 11.6 Å². The zero-order valence-corrected chi connectivity index (χ0v) is 11.1. The summed E-state index contributed by atoms with van der Waals surface area (Å²) >= 11 is 0. The molecule has 5 nitrogen and oxygen atoms in total. The molecule has 3 rings (SSSR count). The van der Waals surface area contributed by atoms with Crippen molar-refractivity contribution in [2.45, 2.75) is 6.92 Å². The van der Waals surface area contributed by atoms with Gasteiger partial charge < -0.3 is 14.8 Å². The van der Waals surface area contributed by atoms with Gasteiger partial charge in [-0.2, -0.15) is 0 Å². The lowest BCUT2D eigenvalue weighted by atomic mass is 10.2. The summed E-state index contributed by atoms with van der Waals surface area (Å²) in [6.07, 6.45) is 1.42. The third kappa shape index (κ3) is 2.43. The minimum Gasteiger partial charge on any atom is -0.478 e. The number of ether oxygens (including phenoxy) is 1. The lowest BCUT2D eigenvalue weighted by Crippen LogP contribution is -1.97. The fraction of sp³-hybridized carbons (Fsp3) is 0.0667. The number of fused-ring (bicyclic) bond motifs is 1. The number of carboxylic acids is 1. The molecule has 21 heavy (non-hydrogen) atoms. The van der Waals surface area contributed by atoms with Gasteiger partial charge in [-0.1, -0.05) is 0 Å². The average Bonchev–Trinajstić information content (AvgIpc) is 2.84. The van der Waals surface area contributed by atoms with Crippen molar-refractivity contribution in [3.63, 3.8) is 0 Å². The van der Waals surface area contributed by atoms with Crippen LogP contribution in [-0.2, 0) is 0 Å². The molecule has 0 spiro atoms. The zero-order valence-electron chi connectivity index (χ0n) is 11.1. The number of carboxylic acid groups (broad SMARTS) is 1. The minimum atomic E-state index is -1.05. The van der Waals surface area contributed by atoms with E-state index in [9.17, 15) is 9.18 Å². The summed E-state index contributed by atoms with van der Waals surface area (Å²) in [5.41, 5.74) is 1.46. The molecule has 0 aliphatic rings. The number of H-pyrrole nitrogens is 1. The van der Waals surface area contributed by atoms with E-state index in [1.807, 2.05) is 0 Å². The first-order valence-corrected chi connectivity index (χ1v) is 6.19. The molecule has 0 atom stereocenters. The Labute approximate surface area is 119 Å². The van der Waals surface area contributed by atoms with Crippen LogP contribution in [0.1, 0.15) is 15.9 Å². The van der Waals surface area contributed by atoms with Crippen molar-refractivity contribution in [2.75, 3.05) is 0 Å². The van der Waals surface area contributed by atoms with Crippen LogP contribution in [0.25, 0.3) is 11.0 Å². The maximum absolute atomic E-state index is 13.2. The Morgan fingerprint density at radius 1 is 1.33 bits per heavy atom. The van der Waals surface area contributed by atoms with Crippen molar-refractivity contribution in [2.24, 2.45) is 0 Å². The van der Waals surface area contributed by atoms with Crippen LogP contribution in [0, 0.1) is 12.7 Å². The number of benzene rings is 1. The van der Waals surface area contributed by atoms with Gasteiger partial charge in [-0.3, -0.25) is 4.98 Å². The lowest BCUT2D eigenvalue weighted by molar-refractivity contribution is 0.0699. The Morgan fingerprint density at radius 3 is 2.86 bits per heavy atom. The first kappa shape index (κ1) is 13.1. The second kappa shape index (κ2) is 4.90. The molecule has 106 valence electrons. The van der Waals surface area contributed by atoms with Crippen LogP contribution in [0.5, 0.6) is 11.6 Å². The molecule has 2 N–H and O–H groups in total. The summed E-state index contributed by atoms with van der Waals surface area (Å²) in [4.78, 5) is 18.1. The molecule has 0 radical (unpaired) electrons. The van der Waals surface area contributed by atoms with Gasteiger partial charge in [0.1, 0.15) is 11.6 Å². The normalized spacial score (nSPS) is 10.8. The number of halogens is 1. The van der Waals surface area contributed by atoms with Gasteiger partial charge in [0.05, 0.1) is 16.6 Å². The van der Waals surface area contributed by atoms with Gasteiger partial charge in [0, 0.05) is 12.3 Å². The molecule has 0 saturated carbocycles. The summed E-state index contributed by atoms with van der Waals surface area (Å²) < 4.78 is 18.8. The summed E-state index contributed by atoms with van der Waals surface area (Å²) in [5.74, 6) is -0.559. The van der Waals surface area contributed by atoms with Crippen LogP contribution in [0.4, 0.5) is 4.39 Å². The van der Waals surface area contributed by atoms with E-state index in [0.717, 1.165) is 0 Å². The van der Waals surface area contributed by atoms with E-state index < -0.39 is 5.97 Å². The van der Waals surface area contributed by atoms with Gasteiger partial charge >= 0.3 is 5.97 Å². The number of hydrogen-bond acceptors (Lipinski definition) is 3.